The molecule has 0 N–H and O–H groups in total. The van der Waals surface area contributed by atoms with Crippen molar-refractivity contribution in [3.63, 3.8) is 0 Å². The standard InChI is InChI=1S/C31H26N2O6/c1-4-31-24(19-13-9-6-10-14-19)23(18-11-7-5-8-12-18)30(2,29(31)36)25-26(31)28(35)32(27(25)34)21-16-15-20(39-3)17-22(21)33(37)38/h5-17,25-26H,4H2,1-3H3/t25-,26-,30-,31+/m0/s1. The van der Waals surface area contributed by atoms with Gasteiger partial charge in [0.05, 0.1) is 40.8 Å². The highest BCUT2D eigenvalue weighted by Gasteiger charge is 2.80. The number of carbonyl (C=O) groups is 3. The highest BCUT2D eigenvalue weighted by molar-refractivity contribution is 6.35. The number of hydrogen-bond acceptors (Lipinski definition) is 6. The lowest BCUT2D eigenvalue weighted by Crippen LogP contribution is -2.41. The first kappa shape index (κ1) is 24.7. The Morgan fingerprint density at radius 1 is 0.872 bits per heavy atom. The van der Waals surface area contributed by atoms with Gasteiger partial charge in [-0.25, -0.2) is 4.90 Å². The molecule has 6 rings (SSSR count). The molecular formula is C31H26N2O6. The summed E-state index contributed by atoms with van der Waals surface area (Å²) in [5.41, 5.74) is 0.0645. The maximum Gasteiger partial charge on any atom is 0.297 e. The average Bonchev–Trinajstić information content (AvgIpc) is 3.43. The first-order valence-corrected chi connectivity index (χ1v) is 12.8. The van der Waals surface area contributed by atoms with Crippen LogP contribution in [0.15, 0.2) is 78.9 Å². The van der Waals surface area contributed by atoms with Gasteiger partial charge >= 0.3 is 0 Å². The van der Waals surface area contributed by atoms with Crippen molar-refractivity contribution >= 4 is 40.1 Å². The van der Waals surface area contributed by atoms with Crippen molar-refractivity contribution in [2.45, 2.75) is 20.3 Å². The molecular weight excluding hydrogens is 496 g/mol. The molecule has 0 radical (unpaired) electrons. The molecule has 3 aliphatic rings. The van der Waals surface area contributed by atoms with Crippen molar-refractivity contribution in [2.24, 2.45) is 22.7 Å². The van der Waals surface area contributed by atoms with Gasteiger partial charge in [-0.05, 0) is 47.8 Å². The molecule has 39 heavy (non-hydrogen) atoms. The summed E-state index contributed by atoms with van der Waals surface area (Å²) in [7, 11) is 1.38. The Bertz CT molecular complexity index is 1600. The van der Waals surface area contributed by atoms with Crippen molar-refractivity contribution in [1.82, 2.24) is 0 Å². The number of fused-ring (bicyclic) bond motifs is 5. The van der Waals surface area contributed by atoms with Crippen LogP contribution in [-0.2, 0) is 14.4 Å². The molecule has 2 bridgehead atoms. The first-order chi connectivity index (χ1) is 18.7. The van der Waals surface area contributed by atoms with Gasteiger partial charge in [-0.15, -0.1) is 0 Å². The van der Waals surface area contributed by atoms with Crippen LogP contribution in [0.1, 0.15) is 31.4 Å². The van der Waals surface area contributed by atoms with Gasteiger partial charge < -0.3 is 4.74 Å². The lowest BCUT2D eigenvalue weighted by molar-refractivity contribution is -0.384. The van der Waals surface area contributed by atoms with Gasteiger partial charge in [-0.1, -0.05) is 67.6 Å². The van der Waals surface area contributed by atoms with E-state index in [1.165, 1.54) is 25.3 Å². The number of hydrogen-bond donors (Lipinski definition) is 0. The normalized spacial score (nSPS) is 27.4. The summed E-state index contributed by atoms with van der Waals surface area (Å²) in [6.07, 6.45) is 0.306. The van der Waals surface area contributed by atoms with Gasteiger partial charge in [0.2, 0.25) is 11.8 Å². The summed E-state index contributed by atoms with van der Waals surface area (Å²) in [4.78, 5) is 55.3. The quantitative estimate of drug-likeness (QED) is 0.246. The largest absolute Gasteiger partial charge is 0.496 e. The van der Waals surface area contributed by atoms with Gasteiger partial charge in [0.1, 0.15) is 11.4 Å². The minimum atomic E-state index is -1.30. The summed E-state index contributed by atoms with van der Waals surface area (Å²) in [6, 6.07) is 23.1. The summed E-state index contributed by atoms with van der Waals surface area (Å²) in [6.45, 7) is 3.63. The Morgan fingerprint density at radius 2 is 1.44 bits per heavy atom. The monoisotopic (exact) mass is 522 g/mol. The number of amides is 2. The molecule has 8 nitrogen and oxygen atoms in total. The SMILES string of the molecule is CC[C@@]12C(=O)[C@@](C)(C(c3ccccc3)=C1c1ccccc1)[C@@H]1C(=O)N(c3ccc(OC)cc3[N+](=O)[O-])C(=O)[C@H]12. The number of imide groups is 1. The van der Waals surface area contributed by atoms with E-state index in [0.717, 1.165) is 27.2 Å². The number of nitro groups is 1. The summed E-state index contributed by atoms with van der Waals surface area (Å²) < 4.78 is 5.14. The summed E-state index contributed by atoms with van der Waals surface area (Å²) in [5.74, 6) is -3.05. The predicted octanol–water partition coefficient (Wildman–Crippen LogP) is 5.32. The zero-order valence-corrected chi connectivity index (χ0v) is 21.7. The van der Waals surface area contributed by atoms with Gasteiger partial charge in [-0.2, -0.15) is 0 Å². The number of ketones is 1. The number of anilines is 1. The number of nitrogens with zero attached hydrogens (tertiary/aromatic N) is 2. The lowest BCUT2D eigenvalue weighted by atomic mass is 9.62. The van der Waals surface area contributed by atoms with E-state index in [2.05, 4.69) is 0 Å². The fourth-order valence-corrected chi connectivity index (χ4v) is 7.33. The molecule has 1 heterocycles. The predicted molar refractivity (Wildman–Crippen MR) is 145 cm³/mol. The Labute approximate surface area is 225 Å². The Hall–Kier alpha value is -4.59. The van der Waals surface area contributed by atoms with E-state index < -0.39 is 45.1 Å². The van der Waals surface area contributed by atoms with Crippen LogP contribution < -0.4 is 9.64 Å². The first-order valence-electron chi connectivity index (χ1n) is 12.8. The maximum atomic E-state index is 14.5. The zero-order chi connectivity index (χ0) is 27.7. The third-order valence-corrected chi connectivity index (χ3v) is 8.85. The van der Waals surface area contributed by atoms with E-state index in [1.807, 2.05) is 67.6 Å². The van der Waals surface area contributed by atoms with Crippen LogP contribution >= 0.6 is 0 Å². The van der Waals surface area contributed by atoms with E-state index in [4.69, 9.17) is 4.74 Å². The molecule has 1 saturated carbocycles. The molecule has 4 atom stereocenters. The fourth-order valence-electron chi connectivity index (χ4n) is 7.33. The number of benzene rings is 3. The molecule has 0 spiro atoms. The molecule has 196 valence electrons. The van der Waals surface area contributed by atoms with E-state index in [1.54, 1.807) is 6.92 Å². The van der Waals surface area contributed by atoms with E-state index in [0.29, 0.717) is 6.42 Å². The van der Waals surface area contributed by atoms with Crippen molar-refractivity contribution in [2.75, 3.05) is 12.0 Å². The minimum Gasteiger partial charge on any atom is -0.496 e. The van der Waals surface area contributed by atoms with Crippen LogP contribution in [0.4, 0.5) is 11.4 Å². The minimum absolute atomic E-state index is 0.116. The zero-order valence-electron chi connectivity index (χ0n) is 21.7. The molecule has 2 aliphatic carbocycles. The number of methoxy groups -OCH3 is 1. The highest BCUT2D eigenvalue weighted by Crippen LogP contribution is 2.74. The third kappa shape index (κ3) is 2.97. The average molecular weight is 523 g/mol. The van der Waals surface area contributed by atoms with Crippen LogP contribution in [0, 0.1) is 32.8 Å². The van der Waals surface area contributed by atoms with E-state index in [9.17, 15) is 24.5 Å². The number of rotatable bonds is 6. The molecule has 0 unspecified atom stereocenters. The van der Waals surface area contributed by atoms with Crippen molar-refractivity contribution in [3.05, 3.63) is 100 Å². The number of ether oxygens (including phenoxy) is 1. The molecule has 1 aliphatic heterocycles. The van der Waals surface area contributed by atoms with Crippen LogP contribution in [0.2, 0.25) is 0 Å². The van der Waals surface area contributed by atoms with Crippen molar-refractivity contribution in [3.8, 4) is 5.75 Å². The van der Waals surface area contributed by atoms with E-state index in [-0.39, 0.29) is 17.2 Å². The van der Waals surface area contributed by atoms with Gasteiger partial charge in [0.25, 0.3) is 5.69 Å². The number of Topliss-reactive ketones (excluding diaryl/α,β-unsaturated/α-hetero) is 1. The highest BCUT2D eigenvalue weighted by atomic mass is 16.6. The second-order valence-corrected chi connectivity index (χ2v) is 10.4. The third-order valence-electron chi connectivity index (χ3n) is 8.85. The molecule has 2 amide bonds. The molecule has 8 heteroatoms. The van der Waals surface area contributed by atoms with Crippen molar-refractivity contribution in [1.29, 1.82) is 0 Å². The molecule has 1 saturated heterocycles. The van der Waals surface area contributed by atoms with Crippen LogP contribution in [0.5, 0.6) is 5.75 Å². The summed E-state index contributed by atoms with van der Waals surface area (Å²) in [5, 5.41) is 12.0. The Balaban J connectivity index is 1.62. The smallest absolute Gasteiger partial charge is 0.297 e. The molecule has 0 aromatic heterocycles. The van der Waals surface area contributed by atoms with Gasteiger partial charge in [0.15, 0.2) is 5.78 Å². The van der Waals surface area contributed by atoms with E-state index >= 15 is 0 Å². The fraction of sp³-hybridized carbons (Fsp3) is 0.258. The number of allylic oxidation sites excluding steroid dienone is 2. The van der Waals surface area contributed by atoms with Crippen LogP contribution in [-0.4, -0.2) is 29.6 Å². The van der Waals surface area contributed by atoms with Gasteiger partial charge in [0, 0.05) is 0 Å². The molecule has 3 aromatic carbocycles. The Kier molecular flexibility index (Phi) is 5.36. The van der Waals surface area contributed by atoms with Crippen LogP contribution in [0.25, 0.3) is 11.1 Å². The number of nitro benzene ring substituents is 1. The molecule has 3 aromatic rings. The second-order valence-electron chi connectivity index (χ2n) is 10.4. The second kappa shape index (κ2) is 8.46. The Morgan fingerprint density at radius 3 is 1.97 bits per heavy atom. The van der Waals surface area contributed by atoms with Gasteiger partial charge in [-0.3, -0.25) is 24.5 Å². The number of carbonyl (C=O) groups excluding carboxylic acids is 3. The lowest BCUT2D eigenvalue weighted by Gasteiger charge is -2.37. The summed E-state index contributed by atoms with van der Waals surface area (Å²) >= 11 is 0. The topological polar surface area (TPSA) is 107 Å². The van der Waals surface area contributed by atoms with Crippen molar-refractivity contribution < 1.29 is 24.0 Å². The maximum absolute atomic E-state index is 14.5. The molecule has 2 fully saturated rings. The van der Waals surface area contributed by atoms with Crippen LogP contribution in [0.3, 0.4) is 0 Å².